The van der Waals surface area contributed by atoms with Crippen LogP contribution in [-0.2, 0) is 16.2 Å². The number of hydrogen-bond acceptors (Lipinski definition) is 5. The van der Waals surface area contributed by atoms with Crippen molar-refractivity contribution in [3.8, 4) is 11.5 Å². The Balaban J connectivity index is 1.54. The van der Waals surface area contributed by atoms with Gasteiger partial charge in [0.25, 0.3) is 0 Å². The summed E-state index contributed by atoms with van der Waals surface area (Å²) in [5, 5.41) is 1.10. The van der Waals surface area contributed by atoms with E-state index in [1.165, 1.54) is 0 Å². The van der Waals surface area contributed by atoms with Crippen molar-refractivity contribution in [2.75, 3.05) is 13.7 Å². The third-order valence-corrected chi connectivity index (χ3v) is 7.83. The lowest BCUT2D eigenvalue weighted by atomic mass is 9.71. The van der Waals surface area contributed by atoms with E-state index in [0.29, 0.717) is 41.0 Å². The Labute approximate surface area is 221 Å². The first-order valence-corrected chi connectivity index (χ1v) is 13.2. The predicted octanol–water partition coefficient (Wildman–Crippen LogP) is 7.01. The molecule has 0 amide bonds. The van der Waals surface area contributed by atoms with Crippen molar-refractivity contribution in [2.45, 2.75) is 58.0 Å². The van der Waals surface area contributed by atoms with Gasteiger partial charge in [-0.1, -0.05) is 35.3 Å². The molecule has 0 bridgehead atoms. The summed E-state index contributed by atoms with van der Waals surface area (Å²) >= 11 is 12.3. The number of hydrogen-bond donors (Lipinski definition) is 0. The number of halogens is 2. The molecule has 0 unspecified atom stereocenters. The molecule has 3 aliphatic rings. The first-order chi connectivity index (χ1) is 17.4. The molecule has 0 fully saturated rings. The molecular formula is C29H29Cl2NO4. The van der Waals surface area contributed by atoms with Crippen LogP contribution < -0.4 is 9.47 Å². The standard InChI is InChI=1S/C29H29Cl2NO4/c1-3-35-26-14-17(11-13-25(26)36-16-18-10-12-19(30)15-20(18)31)27-28-21(6-4-8-23(28)33)32(2)22-7-5-9-24(34)29(22)27/h10-15,27H,3-9,16H2,1-2H3. The highest BCUT2D eigenvalue weighted by molar-refractivity contribution is 6.35. The molecule has 1 aliphatic heterocycles. The first-order valence-electron chi connectivity index (χ1n) is 12.5. The topological polar surface area (TPSA) is 55.8 Å². The highest BCUT2D eigenvalue weighted by Crippen LogP contribution is 2.49. The quantitative estimate of drug-likeness (QED) is 0.405. The van der Waals surface area contributed by atoms with E-state index in [-0.39, 0.29) is 24.1 Å². The Bertz CT molecular complexity index is 1250. The lowest BCUT2D eigenvalue weighted by Crippen LogP contribution is -2.37. The van der Waals surface area contributed by atoms with Crippen LogP contribution in [0.25, 0.3) is 0 Å². The third-order valence-electron chi connectivity index (χ3n) is 7.24. The highest BCUT2D eigenvalue weighted by Gasteiger charge is 2.42. The maximum Gasteiger partial charge on any atom is 0.161 e. The molecule has 5 nitrogen and oxygen atoms in total. The molecule has 2 aliphatic carbocycles. The number of ether oxygens (including phenoxy) is 2. The molecule has 188 valence electrons. The normalized spacial score (nSPS) is 18.4. The van der Waals surface area contributed by atoms with E-state index in [9.17, 15) is 9.59 Å². The summed E-state index contributed by atoms with van der Waals surface area (Å²) in [6.45, 7) is 2.62. The minimum Gasteiger partial charge on any atom is -0.490 e. The zero-order chi connectivity index (χ0) is 25.4. The zero-order valence-corrected chi connectivity index (χ0v) is 22.0. The largest absolute Gasteiger partial charge is 0.490 e. The van der Waals surface area contributed by atoms with Gasteiger partial charge in [-0.15, -0.1) is 0 Å². The van der Waals surface area contributed by atoms with Crippen LogP contribution in [0.3, 0.4) is 0 Å². The number of carbonyl (C=O) groups excluding carboxylic acids is 2. The van der Waals surface area contributed by atoms with E-state index in [1.54, 1.807) is 12.1 Å². The molecule has 5 rings (SSSR count). The van der Waals surface area contributed by atoms with Crippen LogP contribution in [0.2, 0.25) is 10.0 Å². The summed E-state index contributed by atoms with van der Waals surface area (Å²) in [5.74, 6) is 1.05. The van der Waals surface area contributed by atoms with Gasteiger partial charge < -0.3 is 14.4 Å². The second kappa shape index (κ2) is 10.3. The summed E-state index contributed by atoms with van der Waals surface area (Å²) in [4.78, 5) is 28.6. The summed E-state index contributed by atoms with van der Waals surface area (Å²) in [5.41, 5.74) is 5.34. The van der Waals surface area contributed by atoms with Crippen LogP contribution in [0.4, 0.5) is 0 Å². The molecule has 0 N–H and O–H groups in total. The van der Waals surface area contributed by atoms with Crippen molar-refractivity contribution >= 4 is 34.8 Å². The fourth-order valence-electron chi connectivity index (χ4n) is 5.57. The average molecular weight is 526 g/mol. The lowest BCUT2D eigenvalue weighted by molar-refractivity contribution is -0.117. The number of nitrogens with zero attached hydrogens (tertiary/aromatic N) is 1. The summed E-state index contributed by atoms with van der Waals surface area (Å²) < 4.78 is 12.1. The number of benzene rings is 2. The molecule has 0 aromatic heterocycles. The molecular weight excluding hydrogens is 497 g/mol. The van der Waals surface area contributed by atoms with Crippen molar-refractivity contribution in [3.63, 3.8) is 0 Å². The number of rotatable bonds is 6. The van der Waals surface area contributed by atoms with Gasteiger partial charge in [-0.3, -0.25) is 9.59 Å². The van der Waals surface area contributed by atoms with Crippen molar-refractivity contribution in [1.82, 2.24) is 4.90 Å². The second-order valence-corrected chi connectivity index (χ2v) is 10.3. The van der Waals surface area contributed by atoms with Crippen LogP contribution in [-0.4, -0.2) is 30.1 Å². The van der Waals surface area contributed by atoms with E-state index in [0.717, 1.165) is 59.4 Å². The van der Waals surface area contributed by atoms with Crippen molar-refractivity contribution < 1.29 is 19.1 Å². The van der Waals surface area contributed by atoms with Crippen LogP contribution in [0, 0.1) is 0 Å². The average Bonchev–Trinajstić information content (AvgIpc) is 2.86. The monoisotopic (exact) mass is 525 g/mol. The van der Waals surface area contributed by atoms with Gasteiger partial charge in [-0.2, -0.15) is 0 Å². The van der Waals surface area contributed by atoms with Crippen LogP contribution >= 0.6 is 23.2 Å². The molecule has 0 saturated heterocycles. The van der Waals surface area contributed by atoms with Gasteiger partial charge in [0, 0.05) is 64.0 Å². The number of allylic oxidation sites excluding steroid dienone is 4. The van der Waals surface area contributed by atoms with Crippen molar-refractivity contribution in [1.29, 1.82) is 0 Å². The Morgan fingerprint density at radius 1 is 0.861 bits per heavy atom. The lowest BCUT2D eigenvalue weighted by Gasteiger charge is -2.42. The van der Waals surface area contributed by atoms with Crippen LogP contribution in [0.1, 0.15) is 62.5 Å². The SMILES string of the molecule is CCOc1cc(C2C3=C(CCCC3=O)N(C)C3=C2C(=O)CCC3)ccc1OCc1ccc(Cl)cc1Cl. The van der Waals surface area contributed by atoms with E-state index in [1.807, 2.05) is 38.2 Å². The minimum absolute atomic E-state index is 0.133. The van der Waals surface area contributed by atoms with Crippen LogP contribution in [0.15, 0.2) is 58.9 Å². The number of ketones is 2. The molecule has 0 spiro atoms. The van der Waals surface area contributed by atoms with Gasteiger partial charge >= 0.3 is 0 Å². The molecule has 0 radical (unpaired) electrons. The van der Waals surface area contributed by atoms with Crippen molar-refractivity contribution in [2.24, 2.45) is 0 Å². The Morgan fingerprint density at radius 3 is 2.14 bits per heavy atom. The molecule has 1 heterocycles. The number of carbonyl (C=O) groups is 2. The van der Waals surface area contributed by atoms with E-state index < -0.39 is 0 Å². The van der Waals surface area contributed by atoms with Gasteiger partial charge in [0.15, 0.2) is 23.1 Å². The maximum absolute atomic E-state index is 13.2. The maximum atomic E-state index is 13.2. The Kier molecular flexibility index (Phi) is 7.14. The summed E-state index contributed by atoms with van der Waals surface area (Å²) in [6, 6.07) is 11.0. The molecule has 7 heteroatoms. The van der Waals surface area contributed by atoms with Gasteiger partial charge in [0.2, 0.25) is 0 Å². The van der Waals surface area contributed by atoms with Crippen LogP contribution in [0.5, 0.6) is 11.5 Å². The van der Waals surface area contributed by atoms with Gasteiger partial charge in [-0.25, -0.2) is 0 Å². The molecule has 0 saturated carbocycles. The molecule has 0 atom stereocenters. The fraction of sp³-hybridized carbons (Fsp3) is 0.379. The highest BCUT2D eigenvalue weighted by atomic mass is 35.5. The molecule has 2 aromatic carbocycles. The van der Waals surface area contributed by atoms with Crippen molar-refractivity contribution in [3.05, 3.63) is 80.1 Å². The summed E-state index contributed by atoms with van der Waals surface area (Å²) in [7, 11) is 2.00. The summed E-state index contributed by atoms with van der Waals surface area (Å²) in [6.07, 6.45) is 4.41. The zero-order valence-electron chi connectivity index (χ0n) is 20.5. The van der Waals surface area contributed by atoms with E-state index in [2.05, 4.69) is 4.90 Å². The number of Topliss-reactive ketones (excluding diaryl/α,β-unsaturated/α-hetero) is 2. The van der Waals surface area contributed by atoms with E-state index in [4.69, 9.17) is 32.7 Å². The Hall–Kier alpha value is -2.76. The second-order valence-electron chi connectivity index (χ2n) is 9.43. The van der Waals surface area contributed by atoms with Gasteiger partial charge in [-0.05, 0) is 62.4 Å². The first kappa shape index (κ1) is 24.9. The predicted molar refractivity (Wildman–Crippen MR) is 141 cm³/mol. The Morgan fingerprint density at radius 2 is 1.53 bits per heavy atom. The fourth-order valence-corrected chi connectivity index (χ4v) is 6.03. The van der Waals surface area contributed by atoms with E-state index >= 15 is 0 Å². The smallest absolute Gasteiger partial charge is 0.161 e. The molecule has 2 aromatic rings. The van der Waals surface area contributed by atoms with Gasteiger partial charge in [0.1, 0.15) is 6.61 Å². The third kappa shape index (κ3) is 4.55. The minimum atomic E-state index is -0.370. The van der Waals surface area contributed by atoms with Gasteiger partial charge in [0.05, 0.1) is 6.61 Å². The molecule has 36 heavy (non-hydrogen) atoms.